The second kappa shape index (κ2) is 10.5. The van der Waals surface area contributed by atoms with Gasteiger partial charge in [0, 0.05) is 0 Å². The van der Waals surface area contributed by atoms with Gasteiger partial charge in [0.1, 0.15) is 11.5 Å². The minimum absolute atomic E-state index is 0.183. The molecule has 0 saturated carbocycles. The topological polar surface area (TPSA) is 74.6 Å². The zero-order chi connectivity index (χ0) is 26.7. The van der Waals surface area contributed by atoms with Gasteiger partial charge in [-0.3, -0.25) is 0 Å². The van der Waals surface area contributed by atoms with Crippen molar-refractivity contribution in [1.29, 1.82) is 0 Å². The van der Waals surface area contributed by atoms with E-state index in [-0.39, 0.29) is 21.3 Å². The van der Waals surface area contributed by atoms with Crippen LogP contribution in [-0.4, -0.2) is 18.6 Å². The third-order valence-corrected chi connectivity index (χ3v) is 8.30. The molecule has 0 aliphatic carbocycles. The van der Waals surface area contributed by atoms with Gasteiger partial charge in [-0.05, 0) is 120 Å². The van der Waals surface area contributed by atoms with Gasteiger partial charge in [0.25, 0.3) is 0 Å². The van der Waals surface area contributed by atoms with Crippen LogP contribution in [0.2, 0.25) is 0 Å². The van der Waals surface area contributed by atoms with Gasteiger partial charge in [-0.1, -0.05) is 36.4 Å². The Balaban J connectivity index is 1.80. The van der Waals surface area contributed by atoms with E-state index in [1.54, 1.807) is 72.8 Å². The van der Waals surface area contributed by atoms with E-state index in [2.05, 4.69) is 13.2 Å². The number of aryl methyl sites for hydroxylation is 2. The van der Waals surface area contributed by atoms with Gasteiger partial charge in [-0.2, -0.15) is 0 Å². The Bertz CT molecular complexity index is 1500. The summed E-state index contributed by atoms with van der Waals surface area (Å²) in [6.45, 7) is 11.4. The molecule has 4 rings (SSSR count). The van der Waals surface area contributed by atoms with Crippen LogP contribution < -0.4 is 0 Å². The fourth-order valence-electron chi connectivity index (χ4n) is 4.44. The number of aromatic hydroxyl groups is 2. The minimum Gasteiger partial charge on any atom is -0.508 e. The van der Waals surface area contributed by atoms with Crippen LogP contribution in [0.15, 0.2) is 108 Å². The molecule has 0 spiro atoms. The summed E-state index contributed by atoms with van der Waals surface area (Å²) in [6.07, 6.45) is 4.45. The Morgan fingerprint density at radius 3 is 1.43 bits per heavy atom. The maximum Gasteiger partial charge on any atom is 0.206 e. The summed E-state index contributed by atoms with van der Waals surface area (Å²) in [5.41, 5.74) is 6.54. The van der Waals surface area contributed by atoms with Gasteiger partial charge in [0.2, 0.25) is 9.84 Å². The van der Waals surface area contributed by atoms with Crippen molar-refractivity contribution in [3.05, 3.63) is 120 Å². The van der Waals surface area contributed by atoms with E-state index in [9.17, 15) is 18.6 Å². The van der Waals surface area contributed by atoms with Crippen LogP contribution in [0.5, 0.6) is 11.5 Å². The standard InChI is InChI=1S/C32H30O4S/c1-5-7-25-17-23(11-15-31(25)33)29-19-27(13-9-21(29)3)37(35,36)28-14-10-22(4)30(20-28)24-12-16-32(34)26(18-24)8-6-2/h5-6,9-20,33-34H,1-2,7-8H2,3-4H3. The highest BCUT2D eigenvalue weighted by Gasteiger charge is 2.21. The quantitative estimate of drug-likeness (QED) is 0.243. The van der Waals surface area contributed by atoms with E-state index in [0.29, 0.717) is 12.8 Å². The summed E-state index contributed by atoms with van der Waals surface area (Å²) >= 11 is 0. The Morgan fingerprint density at radius 1 is 0.649 bits per heavy atom. The van der Waals surface area contributed by atoms with Crippen molar-refractivity contribution in [2.24, 2.45) is 0 Å². The van der Waals surface area contributed by atoms with Crippen molar-refractivity contribution in [1.82, 2.24) is 0 Å². The Morgan fingerprint density at radius 2 is 1.05 bits per heavy atom. The zero-order valence-corrected chi connectivity index (χ0v) is 21.8. The molecular weight excluding hydrogens is 480 g/mol. The van der Waals surface area contributed by atoms with Crippen LogP contribution in [0.25, 0.3) is 22.3 Å². The van der Waals surface area contributed by atoms with Gasteiger partial charge in [0.15, 0.2) is 0 Å². The lowest BCUT2D eigenvalue weighted by atomic mass is 9.97. The van der Waals surface area contributed by atoms with E-state index < -0.39 is 9.84 Å². The number of rotatable bonds is 8. The van der Waals surface area contributed by atoms with Crippen LogP contribution in [0.4, 0.5) is 0 Å². The van der Waals surface area contributed by atoms with Crippen LogP contribution >= 0.6 is 0 Å². The molecule has 4 nitrogen and oxygen atoms in total. The molecule has 0 aliphatic rings. The first kappa shape index (κ1) is 26.0. The summed E-state index contributed by atoms with van der Waals surface area (Å²) < 4.78 is 27.5. The second-order valence-electron chi connectivity index (χ2n) is 9.13. The van der Waals surface area contributed by atoms with Gasteiger partial charge in [0.05, 0.1) is 9.79 Å². The fraction of sp³-hybridized carbons (Fsp3) is 0.125. The molecule has 0 fully saturated rings. The molecule has 0 aromatic heterocycles. The molecule has 0 saturated heterocycles. The van der Waals surface area contributed by atoms with Crippen molar-refractivity contribution in [2.75, 3.05) is 0 Å². The summed E-state index contributed by atoms with van der Waals surface area (Å²) in [6, 6.07) is 20.8. The Labute approximate surface area is 218 Å². The first-order valence-electron chi connectivity index (χ1n) is 12.0. The van der Waals surface area contributed by atoms with Crippen LogP contribution in [0.1, 0.15) is 22.3 Å². The first-order valence-corrected chi connectivity index (χ1v) is 13.5. The maximum atomic E-state index is 13.8. The van der Waals surface area contributed by atoms with Crippen molar-refractivity contribution in [3.63, 3.8) is 0 Å². The Hall–Kier alpha value is -4.09. The largest absolute Gasteiger partial charge is 0.508 e. The van der Waals surface area contributed by atoms with E-state index in [4.69, 9.17) is 0 Å². The monoisotopic (exact) mass is 510 g/mol. The van der Waals surface area contributed by atoms with Crippen molar-refractivity contribution in [3.8, 4) is 33.8 Å². The van der Waals surface area contributed by atoms with E-state index >= 15 is 0 Å². The molecule has 0 amide bonds. The molecule has 4 aromatic rings. The van der Waals surface area contributed by atoms with Crippen LogP contribution in [0.3, 0.4) is 0 Å². The lowest BCUT2D eigenvalue weighted by molar-refractivity contribution is 0.469. The number of sulfone groups is 1. The van der Waals surface area contributed by atoms with Gasteiger partial charge in [-0.15, -0.1) is 13.2 Å². The van der Waals surface area contributed by atoms with E-state index in [1.807, 2.05) is 26.0 Å². The zero-order valence-electron chi connectivity index (χ0n) is 21.0. The normalized spacial score (nSPS) is 11.3. The number of phenolic OH excluding ortho intramolecular Hbond substituents is 2. The number of hydrogen-bond donors (Lipinski definition) is 2. The molecule has 0 heterocycles. The third kappa shape index (κ3) is 5.23. The minimum atomic E-state index is -3.82. The SMILES string of the molecule is C=CCc1cc(-c2cc(S(=O)(=O)c3ccc(C)c(-c4ccc(O)c(CC=C)c4)c3)ccc2C)ccc1O. The summed E-state index contributed by atoms with van der Waals surface area (Å²) in [5.74, 6) is 0.366. The number of allylic oxidation sites excluding steroid dienone is 2. The molecule has 2 N–H and O–H groups in total. The molecule has 5 heteroatoms. The smallest absolute Gasteiger partial charge is 0.206 e. The molecule has 0 radical (unpaired) electrons. The third-order valence-electron chi connectivity index (χ3n) is 6.55. The lowest BCUT2D eigenvalue weighted by Gasteiger charge is -2.14. The predicted molar refractivity (Wildman–Crippen MR) is 150 cm³/mol. The maximum absolute atomic E-state index is 13.8. The van der Waals surface area contributed by atoms with Gasteiger partial charge in [-0.25, -0.2) is 8.42 Å². The molecule has 0 aliphatic heterocycles. The lowest BCUT2D eigenvalue weighted by Crippen LogP contribution is -2.04. The molecule has 0 bridgehead atoms. The molecule has 188 valence electrons. The fourth-order valence-corrected chi connectivity index (χ4v) is 5.75. The molecular formula is C32H30O4S. The summed E-state index contributed by atoms with van der Waals surface area (Å²) in [4.78, 5) is 0.388. The second-order valence-corrected chi connectivity index (χ2v) is 11.1. The highest BCUT2D eigenvalue weighted by molar-refractivity contribution is 7.91. The predicted octanol–water partition coefficient (Wildman–Crippen LogP) is 7.34. The molecule has 4 aromatic carbocycles. The van der Waals surface area contributed by atoms with Crippen molar-refractivity contribution >= 4 is 9.84 Å². The van der Waals surface area contributed by atoms with E-state index in [1.165, 1.54) is 0 Å². The molecule has 37 heavy (non-hydrogen) atoms. The van der Waals surface area contributed by atoms with Crippen molar-refractivity contribution < 1.29 is 18.6 Å². The molecule has 0 unspecified atom stereocenters. The number of hydrogen-bond acceptors (Lipinski definition) is 4. The van der Waals surface area contributed by atoms with Crippen LogP contribution in [-0.2, 0) is 22.7 Å². The summed E-state index contributed by atoms with van der Waals surface area (Å²) in [5, 5.41) is 20.3. The van der Waals surface area contributed by atoms with Crippen molar-refractivity contribution in [2.45, 2.75) is 36.5 Å². The molecule has 0 atom stereocenters. The average Bonchev–Trinajstić information content (AvgIpc) is 2.87. The summed E-state index contributed by atoms with van der Waals surface area (Å²) in [7, 11) is -3.82. The first-order chi connectivity index (χ1) is 17.6. The van der Waals surface area contributed by atoms with Crippen LogP contribution in [0, 0.1) is 13.8 Å². The number of benzene rings is 4. The van der Waals surface area contributed by atoms with Gasteiger partial charge < -0.3 is 10.2 Å². The highest BCUT2D eigenvalue weighted by Crippen LogP contribution is 2.35. The average molecular weight is 511 g/mol. The van der Waals surface area contributed by atoms with Gasteiger partial charge >= 0.3 is 0 Å². The Kier molecular flexibility index (Phi) is 7.37. The van der Waals surface area contributed by atoms with E-state index in [0.717, 1.165) is 44.5 Å². The highest BCUT2D eigenvalue weighted by atomic mass is 32.2. The number of phenols is 2.